The first kappa shape index (κ1) is 6.38. The third-order valence-electron chi connectivity index (χ3n) is 3.38. The van der Waals surface area contributed by atoms with Gasteiger partial charge in [-0.1, -0.05) is 6.92 Å². The minimum Gasteiger partial charge on any atom is -0.299 e. The van der Waals surface area contributed by atoms with Gasteiger partial charge < -0.3 is 0 Å². The SMILES string of the molecule is [CH2][C@]1(C)C2CCC(=O)C1C2. The zero-order chi connectivity index (χ0) is 7.35. The molecular formula is C9H13O. The molecule has 1 nitrogen and oxygen atoms in total. The Morgan fingerprint density at radius 1 is 1.70 bits per heavy atom. The van der Waals surface area contributed by atoms with Crippen molar-refractivity contribution in [1.29, 1.82) is 0 Å². The molecule has 55 valence electrons. The molecule has 3 fully saturated rings. The number of carbonyl (C=O) groups excluding carboxylic acids is 1. The molecule has 0 spiro atoms. The molecule has 10 heavy (non-hydrogen) atoms. The Morgan fingerprint density at radius 3 is 2.70 bits per heavy atom. The fourth-order valence-corrected chi connectivity index (χ4v) is 2.38. The molecule has 0 aliphatic heterocycles. The van der Waals surface area contributed by atoms with Gasteiger partial charge in [0.2, 0.25) is 0 Å². The molecule has 3 aliphatic carbocycles. The summed E-state index contributed by atoms with van der Waals surface area (Å²) in [6.07, 6.45) is 3.04. The van der Waals surface area contributed by atoms with E-state index >= 15 is 0 Å². The number of fused-ring (bicyclic) bond motifs is 2. The highest BCUT2D eigenvalue weighted by Gasteiger charge is 2.54. The average molecular weight is 137 g/mol. The monoisotopic (exact) mass is 137 g/mol. The van der Waals surface area contributed by atoms with Gasteiger partial charge in [0.1, 0.15) is 5.78 Å². The minimum absolute atomic E-state index is 0.106. The maximum Gasteiger partial charge on any atom is 0.136 e. The molecule has 2 unspecified atom stereocenters. The van der Waals surface area contributed by atoms with Crippen LogP contribution in [0.3, 0.4) is 0 Å². The average Bonchev–Trinajstić information content (AvgIpc) is 1.87. The summed E-state index contributed by atoms with van der Waals surface area (Å²) in [5, 5.41) is 0. The van der Waals surface area contributed by atoms with Crippen LogP contribution in [0.2, 0.25) is 0 Å². The molecule has 1 heteroatoms. The number of ketones is 1. The van der Waals surface area contributed by atoms with Crippen molar-refractivity contribution in [3.63, 3.8) is 0 Å². The lowest BCUT2D eigenvalue weighted by Crippen LogP contribution is -2.52. The molecule has 0 aromatic rings. The molecule has 3 atom stereocenters. The summed E-state index contributed by atoms with van der Waals surface area (Å²) >= 11 is 0. The first-order chi connectivity index (χ1) is 4.62. The topological polar surface area (TPSA) is 17.1 Å². The predicted octanol–water partition coefficient (Wildman–Crippen LogP) is 1.83. The Hall–Kier alpha value is -0.330. The van der Waals surface area contributed by atoms with Crippen molar-refractivity contribution < 1.29 is 4.79 Å². The molecule has 0 amide bonds. The number of Topliss-reactive ketones (excluding diaryl/α,β-unsaturated/α-hetero) is 1. The molecule has 3 aliphatic rings. The van der Waals surface area contributed by atoms with Crippen LogP contribution in [-0.4, -0.2) is 5.78 Å². The quantitative estimate of drug-likeness (QED) is 0.497. The van der Waals surface area contributed by atoms with Crippen molar-refractivity contribution in [2.45, 2.75) is 26.2 Å². The molecule has 0 aromatic carbocycles. The number of hydrogen-bond acceptors (Lipinski definition) is 1. The Labute approximate surface area is 61.8 Å². The molecule has 0 aromatic heterocycles. The van der Waals surface area contributed by atoms with Gasteiger partial charge in [-0.15, -0.1) is 0 Å². The fraction of sp³-hybridized carbons (Fsp3) is 0.778. The van der Waals surface area contributed by atoms with Crippen LogP contribution < -0.4 is 0 Å². The lowest BCUT2D eigenvalue weighted by molar-refractivity contribution is -0.144. The van der Waals surface area contributed by atoms with E-state index in [1.165, 1.54) is 0 Å². The van der Waals surface area contributed by atoms with Crippen LogP contribution >= 0.6 is 0 Å². The highest BCUT2D eigenvalue weighted by Crippen LogP contribution is 2.57. The van der Waals surface area contributed by atoms with E-state index in [0.29, 0.717) is 11.7 Å². The normalized spacial score (nSPS) is 42.8. The Bertz CT molecular complexity index is 179. The lowest BCUT2D eigenvalue weighted by Gasteiger charge is -2.55. The van der Waals surface area contributed by atoms with Gasteiger partial charge in [0.25, 0.3) is 0 Å². The summed E-state index contributed by atoms with van der Waals surface area (Å²) in [6, 6.07) is 0. The van der Waals surface area contributed by atoms with E-state index in [0.717, 1.165) is 25.2 Å². The van der Waals surface area contributed by atoms with Crippen LogP contribution in [0.15, 0.2) is 0 Å². The summed E-state index contributed by atoms with van der Waals surface area (Å²) in [5.74, 6) is 1.52. The van der Waals surface area contributed by atoms with E-state index in [1.807, 2.05) is 0 Å². The molecule has 3 rings (SSSR count). The molecule has 0 heterocycles. The zero-order valence-electron chi connectivity index (χ0n) is 6.39. The second-order valence-electron chi connectivity index (χ2n) is 4.00. The smallest absolute Gasteiger partial charge is 0.136 e. The van der Waals surface area contributed by atoms with Gasteiger partial charge in [-0.25, -0.2) is 0 Å². The first-order valence-corrected chi connectivity index (χ1v) is 4.00. The summed E-state index contributed by atoms with van der Waals surface area (Å²) in [5.41, 5.74) is 0.106. The van der Waals surface area contributed by atoms with Crippen LogP contribution in [0.5, 0.6) is 0 Å². The molecule has 1 radical (unpaired) electrons. The fourth-order valence-electron chi connectivity index (χ4n) is 2.38. The Morgan fingerprint density at radius 2 is 2.40 bits per heavy atom. The third kappa shape index (κ3) is 0.561. The summed E-state index contributed by atoms with van der Waals surface area (Å²) < 4.78 is 0. The lowest BCUT2D eigenvalue weighted by atomic mass is 9.48. The van der Waals surface area contributed by atoms with Crippen LogP contribution in [0.25, 0.3) is 0 Å². The van der Waals surface area contributed by atoms with Gasteiger partial charge >= 0.3 is 0 Å². The third-order valence-corrected chi connectivity index (χ3v) is 3.38. The first-order valence-electron chi connectivity index (χ1n) is 4.00. The van der Waals surface area contributed by atoms with E-state index in [-0.39, 0.29) is 5.41 Å². The number of carbonyl (C=O) groups is 1. The molecule has 0 saturated heterocycles. The molecule has 3 saturated carbocycles. The zero-order valence-corrected chi connectivity index (χ0v) is 6.39. The second kappa shape index (κ2) is 1.63. The van der Waals surface area contributed by atoms with Gasteiger partial charge in [0, 0.05) is 12.3 Å². The Balaban J connectivity index is 2.23. The maximum absolute atomic E-state index is 11.2. The van der Waals surface area contributed by atoms with Crippen LogP contribution in [-0.2, 0) is 4.79 Å². The van der Waals surface area contributed by atoms with E-state index in [2.05, 4.69) is 13.8 Å². The standard InChI is InChI=1S/C9H13O/c1-9(2)6-3-4-8(10)7(9)5-6/h6-7H,1,3-5H2,2H3/t6?,7?,9-/m0/s1. The van der Waals surface area contributed by atoms with E-state index in [1.54, 1.807) is 0 Å². The van der Waals surface area contributed by atoms with Crippen molar-refractivity contribution in [2.24, 2.45) is 17.3 Å². The van der Waals surface area contributed by atoms with Crippen molar-refractivity contribution >= 4 is 5.78 Å². The van der Waals surface area contributed by atoms with E-state index in [9.17, 15) is 4.79 Å². The van der Waals surface area contributed by atoms with Gasteiger partial charge in [0.15, 0.2) is 0 Å². The van der Waals surface area contributed by atoms with Gasteiger partial charge in [-0.3, -0.25) is 4.79 Å². The van der Waals surface area contributed by atoms with Crippen LogP contribution in [0, 0.1) is 24.2 Å². The van der Waals surface area contributed by atoms with Crippen molar-refractivity contribution in [3.8, 4) is 0 Å². The van der Waals surface area contributed by atoms with E-state index < -0.39 is 0 Å². The van der Waals surface area contributed by atoms with Crippen molar-refractivity contribution in [3.05, 3.63) is 6.92 Å². The molecule has 2 bridgehead atoms. The van der Waals surface area contributed by atoms with Gasteiger partial charge in [-0.05, 0) is 31.1 Å². The number of rotatable bonds is 0. The van der Waals surface area contributed by atoms with Crippen LogP contribution in [0.4, 0.5) is 0 Å². The highest BCUT2D eigenvalue weighted by atomic mass is 16.1. The second-order valence-corrected chi connectivity index (χ2v) is 4.00. The summed E-state index contributed by atoms with van der Waals surface area (Å²) in [4.78, 5) is 11.2. The maximum atomic E-state index is 11.2. The Kier molecular flexibility index (Phi) is 1.04. The highest BCUT2D eigenvalue weighted by molar-refractivity contribution is 5.84. The minimum atomic E-state index is 0.106. The molecular weight excluding hydrogens is 124 g/mol. The summed E-state index contributed by atoms with van der Waals surface area (Å²) in [6.45, 7) is 6.22. The van der Waals surface area contributed by atoms with Gasteiger partial charge in [-0.2, -0.15) is 0 Å². The van der Waals surface area contributed by atoms with Gasteiger partial charge in [0.05, 0.1) is 0 Å². The predicted molar refractivity (Wildman–Crippen MR) is 39.3 cm³/mol. The summed E-state index contributed by atoms with van der Waals surface area (Å²) in [7, 11) is 0. The van der Waals surface area contributed by atoms with Crippen LogP contribution in [0.1, 0.15) is 26.2 Å². The van der Waals surface area contributed by atoms with Crippen molar-refractivity contribution in [1.82, 2.24) is 0 Å². The van der Waals surface area contributed by atoms with Crippen molar-refractivity contribution in [2.75, 3.05) is 0 Å². The largest absolute Gasteiger partial charge is 0.299 e. The van der Waals surface area contributed by atoms with E-state index in [4.69, 9.17) is 0 Å². The number of hydrogen-bond donors (Lipinski definition) is 0. The molecule has 0 N–H and O–H groups in total.